The Labute approximate surface area is 80.4 Å². The fourth-order valence-corrected chi connectivity index (χ4v) is 1.05. The van der Waals surface area contributed by atoms with Crippen molar-refractivity contribution in [1.82, 2.24) is 20.2 Å². The molecule has 1 aromatic heterocycles. The van der Waals surface area contributed by atoms with Gasteiger partial charge in [0.2, 0.25) is 6.29 Å². The number of carbonyl (C=O) groups excluding carboxylic acids is 1. The van der Waals surface area contributed by atoms with E-state index in [0.29, 0.717) is 5.82 Å². The van der Waals surface area contributed by atoms with E-state index >= 15 is 0 Å². The van der Waals surface area contributed by atoms with E-state index in [2.05, 4.69) is 15.4 Å². The average molecular weight is 187 g/mol. The molecule has 0 saturated carbocycles. The van der Waals surface area contributed by atoms with Crippen molar-refractivity contribution in [3.8, 4) is 5.69 Å². The van der Waals surface area contributed by atoms with Crippen molar-refractivity contribution in [2.45, 2.75) is 6.42 Å². The molecule has 0 amide bonds. The van der Waals surface area contributed by atoms with E-state index in [1.54, 1.807) is 6.29 Å². The van der Waals surface area contributed by atoms with Gasteiger partial charge < -0.3 is 0 Å². The molecule has 0 aliphatic carbocycles. The van der Waals surface area contributed by atoms with Crippen LogP contribution in [0.25, 0.3) is 5.69 Å². The van der Waals surface area contributed by atoms with Gasteiger partial charge in [0, 0.05) is 0 Å². The molecule has 2 aromatic rings. The molecule has 0 aliphatic heterocycles. The Hall–Kier alpha value is -2.04. The highest BCUT2D eigenvalue weighted by Gasteiger charge is 2.02. The molecule has 0 spiro atoms. The summed E-state index contributed by atoms with van der Waals surface area (Å²) in [7, 11) is 0. The lowest BCUT2D eigenvalue weighted by atomic mass is 10.3. The number of aromatic nitrogens is 4. The Balaban J connectivity index is 2.29. The molecule has 0 N–H and O–H groups in total. The van der Waals surface area contributed by atoms with Gasteiger partial charge in [-0.2, -0.15) is 0 Å². The van der Waals surface area contributed by atoms with Crippen LogP contribution in [0.5, 0.6) is 0 Å². The van der Waals surface area contributed by atoms with Crippen molar-refractivity contribution in [2.75, 3.05) is 0 Å². The monoisotopic (exact) mass is 187 g/mol. The Kier molecular flexibility index (Phi) is 2.31. The predicted molar refractivity (Wildman–Crippen MR) is 48.6 cm³/mol. The highest BCUT2D eigenvalue weighted by atomic mass is 16.1. The van der Waals surface area contributed by atoms with Crippen LogP contribution >= 0.6 is 0 Å². The maximum absolute atomic E-state index is 10.1. The second-order valence-electron chi connectivity index (χ2n) is 2.65. The first kappa shape index (κ1) is 8.55. The van der Waals surface area contributed by atoms with Crippen LogP contribution in [0.4, 0.5) is 0 Å². The highest BCUT2D eigenvalue weighted by molar-refractivity contribution is 5.53. The van der Waals surface area contributed by atoms with Gasteiger partial charge in [-0.25, -0.2) is 0 Å². The maximum atomic E-state index is 10.1. The molecule has 0 unspecified atom stereocenters. The summed E-state index contributed by atoms with van der Waals surface area (Å²) in [6.07, 6.45) is 1.80. The van der Waals surface area contributed by atoms with Crippen molar-refractivity contribution in [1.29, 1.82) is 0 Å². The topological polar surface area (TPSA) is 60.7 Å². The first-order valence-electron chi connectivity index (χ1n) is 4.09. The van der Waals surface area contributed by atoms with E-state index in [0.717, 1.165) is 5.69 Å². The predicted octanol–water partition coefficient (Wildman–Crippen LogP) is 0.314. The SMILES string of the molecule is O=[C]Cc1nnn(-c2ccccc2)n1. The molecular weight excluding hydrogens is 180 g/mol. The van der Waals surface area contributed by atoms with E-state index < -0.39 is 0 Å². The van der Waals surface area contributed by atoms with Crippen molar-refractivity contribution >= 4 is 6.29 Å². The van der Waals surface area contributed by atoms with E-state index in [-0.39, 0.29) is 6.42 Å². The number of para-hydroxylation sites is 1. The second kappa shape index (κ2) is 3.78. The summed E-state index contributed by atoms with van der Waals surface area (Å²) in [5, 5.41) is 11.5. The van der Waals surface area contributed by atoms with Crippen LogP contribution in [-0.4, -0.2) is 26.5 Å². The van der Waals surface area contributed by atoms with Crippen molar-refractivity contribution in [2.24, 2.45) is 0 Å². The summed E-state index contributed by atoms with van der Waals surface area (Å²) >= 11 is 0. The minimum absolute atomic E-state index is 0.0762. The van der Waals surface area contributed by atoms with Crippen LogP contribution in [0.2, 0.25) is 0 Å². The van der Waals surface area contributed by atoms with Gasteiger partial charge in [0.05, 0.1) is 12.1 Å². The summed E-state index contributed by atoms with van der Waals surface area (Å²) in [6.45, 7) is 0. The number of hydrogen-bond acceptors (Lipinski definition) is 4. The molecule has 1 heterocycles. The van der Waals surface area contributed by atoms with Crippen molar-refractivity contribution < 1.29 is 4.79 Å². The van der Waals surface area contributed by atoms with E-state index in [4.69, 9.17) is 0 Å². The zero-order valence-corrected chi connectivity index (χ0v) is 7.29. The lowest BCUT2D eigenvalue weighted by Gasteiger charge is -1.94. The molecule has 0 atom stereocenters. The molecule has 1 aromatic carbocycles. The van der Waals surface area contributed by atoms with E-state index in [9.17, 15) is 4.79 Å². The Morgan fingerprint density at radius 2 is 2.07 bits per heavy atom. The molecule has 69 valence electrons. The minimum atomic E-state index is 0.0762. The van der Waals surface area contributed by atoms with Gasteiger partial charge in [-0.1, -0.05) is 18.2 Å². The van der Waals surface area contributed by atoms with Crippen LogP contribution in [0.3, 0.4) is 0 Å². The molecule has 0 aliphatic rings. The van der Waals surface area contributed by atoms with Crippen LogP contribution in [0.1, 0.15) is 5.82 Å². The van der Waals surface area contributed by atoms with Crippen molar-refractivity contribution in [3.05, 3.63) is 36.2 Å². The third-order valence-corrected chi connectivity index (χ3v) is 1.67. The maximum Gasteiger partial charge on any atom is 0.206 e. The lowest BCUT2D eigenvalue weighted by molar-refractivity contribution is 0.553. The number of benzene rings is 1. The van der Waals surface area contributed by atoms with Gasteiger partial charge >= 0.3 is 0 Å². The van der Waals surface area contributed by atoms with Gasteiger partial charge in [-0.05, 0) is 17.3 Å². The largest absolute Gasteiger partial charge is 0.290 e. The summed E-state index contributed by atoms with van der Waals surface area (Å²) < 4.78 is 0. The third-order valence-electron chi connectivity index (χ3n) is 1.67. The Bertz CT molecular complexity index is 423. The quantitative estimate of drug-likeness (QED) is 0.694. The second-order valence-corrected chi connectivity index (χ2v) is 2.65. The summed E-state index contributed by atoms with van der Waals surface area (Å²) in [4.78, 5) is 11.5. The van der Waals surface area contributed by atoms with Crippen molar-refractivity contribution in [3.63, 3.8) is 0 Å². The van der Waals surface area contributed by atoms with Gasteiger partial charge in [-0.3, -0.25) is 4.79 Å². The van der Waals surface area contributed by atoms with E-state index in [1.807, 2.05) is 30.3 Å². The normalized spacial score (nSPS) is 10.0. The molecule has 0 fully saturated rings. The Morgan fingerprint density at radius 3 is 2.79 bits per heavy atom. The molecule has 5 nitrogen and oxygen atoms in total. The van der Waals surface area contributed by atoms with Crippen LogP contribution in [-0.2, 0) is 11.2 Å². The van der Waals surface area contributed by atoms with Gasteiger partial charge in [0.15, 0.2) is 5.82 Å². The number of tetrazole rings is 1. The standard InChI is InChI=1S/C9H7N4O/c14-7-6-9-10-12-13(11-9)8-4-2-1-3-5-8/h1-5H,6H2. The first-order valence-corrected chi connectivity index (χ1v) is 4.09. The fourth-order valence-electron chi connectivity index (χ4n) is 1.05. The van der Waals surface area contributed by atoms with Crippen LogP contribution in [0.15, 0.2) is 30.3 Å². The number of hydrogen-bond donors (Lipinski definition) is 0. The smallest absolute Gasteiger partial charge is 0.206 e. The minimum Gasteiger partial charge on any atom is -0.290 e. The van der Waals surface area contributed by atoms with E-state index in [1.165, 1.54) is 4.80 Å². The zero-order chi connectivity index (χ0) is 9.80. The fraction of sp³-hybridized carbons (Fsp3) is 0.111. The summed E-state index contributed by atoms with van der Waals surface area (Å²) in [5.74, 6) is 0.379. The molecule has 0 saturated heterocycles. The first-order chi connectivity index (χ1) is 6.90. The molecule has 5 heteroatoms. The van der Waals surface area contributed by atoms with Crippen LogP contribution in [0, 0.1) is 0 Å². The van der Waals surface area contributed by atoms with Gasteiger partial charge in [-0.15, -0.1) is 15.0 Å². The highest BCUT2D eigenvalue weighted by Crippen LogP contribution is 2.02. The number of rotatable bonds is 3. The van der Waals surface area contributed by atoms with Gasteiger partial charge in [0.25, 0.3) is 0 Å². The average Bonchev–Trinajstić information content (AvgIpc) is 2.68. The Morgan fingerprint density at radius 1 is 1.29 bits per heavy atom. The molecule has 0 bridgehead atoms. The zero-order valence-electron chi connectivity index (χ0n) is 7.29. The van der Waals surface area contributed by atoms with Gasteiger partial charge in [0.1, 0.15) is 0 Å². The molecular formula is C9H7N4O. The lowest BCUT2D eigenvalue weighted by Crippen LogP contribution is -1.98. The summed E-state index contributed by atoms with van der Waals surface area (Å²) in [5.41, 5.74) is 0.817. The third kappa shape index (κ3) is 1.66. The summed E-state index contributed by atoms with van der Waals surface area (Å²) in [6, 6.07) is 9.38. The molecule has 1 radical (unpaired) electrons. The number of nitrogens with zero attached hydrogens (tertiary/aromatic N) is 4. The van der Waals surface area contributed by atoms with Crippen LogP contribution < -0.4 is 0 Å². The molecule has 2 rings (SSSR count). The molecule has 14 heavy (non-hydrogen) atoms.